The van der Waals surface area contributed by atoms with Crippen LogP contribution in [0.15, 0.2) is 24.3 Å². The van der Waals surface area contributed by atoms with E-state index in [0.717, 1.165) is 16.8 Å². The van der Waals surface area contributed by atoms with Gasteiger partial charge in [-0.15, -0.1) is 0 Å². The number of ether oxygens (including phenoxy) is 1. The number of hydrogen-bond acceptors (Lipinski definition) is 1. The first-order valence-electron chi connectivity index (χ1n) is 6.14. The lowest BCUT2D eigenvalue weighted by atomic mass is 10.2. The largest absolute Gasteiger partial charge is 0.494 e. The van der Waals surface area contributed by atoms with Gasteiger partial charge in [-0.1, -0.05) is 67.3 Å². The Morgan fingerprint density at radius 2 is 1.69 bits per heavy atom. The van der Waals surface area contributed by atoms with Gasteiger partial charge in [0.05, 0.1) is 6.61 Å². The normalized spacial score (nSPS) is 10.4. The van der Waals surface area contributed by atoms with E-state index in [2.05, 4.69) is 53.8 Å². The quantitative estimate of drug-likeness (QED) is 0.371. The fraction of sp³-hybridized carbons (Fsp3) is 0.571. The topological polar surface area (TPSA) is 9.23 Å². The minimum absolute atomic E-state index is 0.854. The summed E-state index contributed by atoms with van der Waals surface area (Å²) in [5.74, 6) is 1.00. The van der Waals surface area contributed by atoms with Gasteiger partial charge in [-0.2, -0.15) is 0 Å². The van der Waals surface area contributed by atoms with Gasteiger partial charge in [-0.05, 0) is 24.1 Å². The second-order valence-corrected chi connectivity index (χ2v) is 4.80. The van der Waals surface area contributed by atoms with E-state index in [1.165, 1.54) is 37.7 Å². The highest BCUT2D eigenvalue weighted by Gasteiger charge is 1.94. The number of alkyl halides is 1. The monoisotopic (exact) mass is 332 g/mol. The van der Waals surface area contributed by atoms with Crippen LogP contribution in [0.25, 0.3) is 0 Å². The fourth-order valence-electron chi connectivity index (χ4n) is 1.57. The number of unbranched alkanes of at least 4 members (excludes halogenated alkanes) is 4. The van der Waals surface area contributed by atoms with Crippen LogP contribution in [0.1, 0.15) is 44.6 Å². The molecule has 1 nitrogen and oxygen atoms in total. The third-order valence-corrected chi connectivity index (χ3v) is 3.48. The Balaban J connectivity index is 2.12. The summed E-state index contributed by atoms with van der Waals surface area (Å²) >= 11 is 2.37. The zero-order valence-corrected chi connectivity index (χ0v) is 12.2. The van der Waals surface area contributed by atoms with E-state index in [9.17, 15) is 0 Å². The summed E-state index contributed by atoms with van der Waals surface area (Å²) in [6.07, 6.45) is 6.46. The number of halogens is 1. The van der Waals surface area contributed by atoms with Gasteiger partial charge in [0.15, 0.2) is 0 Å². The highest BCUT2D eigenvalue weighted by molar-refractivity contribution is 14.1. The first kappa shape index (κ1) is 13.8. The van der Waals surface area contributed by atoms with Crippen LogP contribution in [0.2, 0.25) is 0 Å². The maximum atomic E-state index is 5.68. The Labute approximate surface area is 113 Å². The van der Waals surface area contributed by atoms with Crippen LogP contribution < -0.4 is 4.74 Å². The van der Waals surface area contributed by atoms with Crippen molar-refractivity contribution in [2.24, 2.45) is 0 Å². The van der Waals surface area contributed by atoms with Gasteiger partial charge in [0.1, 0.15) is 5.75 Å². The van der Waals surface area contributed by atoms with Crippen molar-refractivity contribution in [2.75, 3.05) is 6.61 Å². The Kier molecular flexibility index (Phi) is 7.64. The van der Waals surface area contributed by atoms with Crippen LogP contribution in [-0.4, -0.2) is 6.61 Å². The van der Waals surface area contributed by atoms with Crippen molar-refractivity contribution in [3.63, 3.8) is 0 Å². The van der Waals surface area contributed by atoms with Gasteiger partial charge in [0.2, 0.25) is 0 Å². The predicted octanol–water partition coefficient (Wildman–Crippen LogP) is 4.97. The zero-order valence-electron chi connectivity index (χ0n) is 10.0. The maximum Gasteiger partial charge on any atom is 0.119 e. The fourth-order valence-corrected chi connectivity index (χ4v) is 2.08. The van der Waals surface area contributed by atoms with Crippen LogP contribution in [0.3, 0.4) is 0 Å². The molecule has 1 aromatic rings. The van der Waals surface area contributed by atoms with Gasteiger partial charge >= 0.3 is 0 Å². The van der Waals surface area contributed by atoms with Crippen molar-refractivity contribution in [1.29, 1.82) is 0 Å². The molecule has 0 spiro atoms. The van der Waals surface area contributed by atoms with Crippen molar-refractivity contribution < 1.29 is 4.74 Å². The van der Waals surface area contributed by atoms with E-state index in [0.29, 0.717) is 0 Å². The molecule has 2 heteroatoms. The Morgan fingerprint density at radius 1 is 1.00 bits per heavy atom. The minimum Gasteiger partial charge on any atom is -0.494 e. The first-order chi connectivity index (χ1) is 7.86. The second-order valence-electron chi connectivity index (χ2n) is 4.04. The summed E-state index contributed by atoms with van der Waals surface area (Å²) in [5.41, 5.74) is 1.36. The lowest BCUT2D eigenvalue weighted by Crippen LogP contribution is -1.97. The Bertz CT molecular complexity index is 269. The molecule has 16 heavy (non-hydrogen) atoms. The molecule has 1 rings (SSSR count). The molecule has 0 fully saturated rings. The van der Waals surface area contributed by atoms with Crippen molar-refractivity contribution in [2.45, 2.75) is 43.5 Å². The van der Waals surface area contributed by atoms with E-state index in [1.807, 2.05) is 0 Å². The highest BCUT2D eigenvalue weighted by Crippen LogP contribution is 2.14. The van der Waals surface area contributed by atoms with Crippen LogP contribution in [0, 0.1) is 0 Å². The van der Waals surface area contributed by atoms with E-state index in [4.69, 9.17) is 4.74 Å². The third kappa shape index (κ3) is 5.73. The van der Waals surface area contributed by atoms with Crippen molar-refractivity contribution in [3.05, 3.63) is 29.8 Å². The van der Waals surface area contributed by atoms with E-state index < -0.39 is 0 Å². The van der Waals surface area contributed by atoms with Crippen LogP contribution in [0.4, 0.5) is 0 Å². The molecular formula is C14H21IO. The molecule has 90 valence electrons. The molecule has 0 atom stereocenters. The minimum atomic E-state index is 0.854. The average molecular weight is 332 g/mol. The molecule has 0 amide bonds. The second kappa shape index (κ2) is 8.85. The van der Waals surface area contributed by atoms with E-state index >= 15 is 0 Å². The molecule has 0 aliphatic carbocycles. The van der Waals surface area contributed by atoms with Crippen molar-refractivity contribution in [1.82, 2.24) is 0 Å². The number of benzene rings is 1. The number of rotatable bonds is 8. The molecule has 0 radical (unpaired) electrons. The van der Waals surface area contributed by atoms with Crippen molar-refractivity contribution in [3.8, 4) is 5.75 Å². The predicted molar refractivity (Wildman–Crippen MR) is 78.4 cm³/mol. The van der Waals surface area contributed by atoms with Gasteiger partial charge in [-0.3, -0.25) is 0 Å². The molecule has 1 aromatic carbocycles. The van der Waals surface area contributed by atoms with Gasteiger partial charge < -0.3 is 4.74 Å². The summed E-state index contributed by atoms with van der Waals surface area (Å²) in [6, 6.07) is 8.41. The standard InChI is InChI=1S/C14H21IO/c1-2-3-4-5-6-11-16-14-9-7-13(12-15)8-10-14/h7-10H,2-6,11-12H2,1H3. The summed E-state index contributed by atoms with van der Waals surface area (Å²) < 4.78 is 6.75. The summed E-state index contributed by atoms with van der Waals surface area (Å²) in [6.45, 7) is 3.10. The maximum absolute atomic E-state index is 5.68. The molecule has 0 aliphatic rings. The number of hydrogen-bond donors (Lipinski definition) is 0. The Hall–Kier alpha value is -0.250. The van der Waals surface area contributed by atoms with Crippen molar-refractivity contribution >= 4 is 22.6 Å². The molecule has 0 aromatic heterocycles. The van der Waals surface area contributed by atoms with Gasteiger partial charge in [0.25, 0.3) is 0 Å². The molecular weight excluding hydrogens is 311 g/mol. The average Bonchev–Trinajstić information content (AvgIpc) is 2.34. The van der Waals surface area contributed by atoms with Gasteiger partial charge in [0, 0.05) is 4.43 Å². The van der Waals surface area contributed by atoms with Crippen LogP contribution in [0.5, 0.6) is 5.75 Å². The highest BCUT2D eigenvalue weighted by atomic mass is 127. The molecule has 0 saturated carbocycles. The van der Waals surface area contributed by atoms with Crippen LogP contribution in [-0.2, 0) is 4.43 Å². The smallest absolute Gasteiger partial charge is 0.119 e. The lowest BCUT2D eigenvalue weighted by molar-refractivity contribution is 0.304. The van der Waals surface area contributed by atoms with E-state index in [-0.39, 0.29) is 0 Å². The molecule has 0 heterocycles. The first-order valence-corrected chi connectivity index (χ1v) is 7.67. The molecule has 0 N–H and O–H groups in total. The summed E-state index contributed by atoms with van der Waals surface area (Å²) in [7, 11) is 0. The van der Waals surface area contributed by atoms with Gasteiger partial charge in [-0.25, -0.2) is 0 Å². The third-order valence-electron chi connectivity index (χ3n) is 2.59. The zero-order chi connectivity index (χ0) is 11.6. The molecule has 0 aliphatic heterocycles. The summed E-state index contributed by atoms with van der Waals surface area (Å²) in [4.78, 5) is 0. The molecule has 0 unspecified atom stereocenters. The van der Waals surface area contributed by atoms with E-state index in [1.54, 1.807) is 0 Å². The Morgan fingerprint density at radius 3 is 2.31 bits per heavy atom. The molecule has 0 bridgehead atoms. The van der Waals surface area contributed by atoms with Crippen LogP contribution >= 0.6 is 22.6 Å². The summed E-state index contributed by atoms with van der Waals surface area (Å²) in [5, 5.41) is 0. The SMILES string of the molecule is CCCCCCCOc1ccc(CI)cc1. The lowest BCUT2D eigenvalue weighted by Gasteiger charge is -2.06. The molecule has 0 saturated heterocycles.